The number of rotatable bonds is 3. The van der Waals surface area contributed by atoms with Crippen molar-refractivity contribution in [3.8, 4) is 11.4 Å². The molecule has 0 saturated carbocycles. The molecule has 4 heteroatoms. The first-order chi connectivity index (χ1) is 6.81. The molecular weight excluding hydrogens is 194 g/mol. The van der Waals surface area contributed by atoms with Gasteiger partial charge in [-0.2, -0.15) is 0 Å². The molecule has 0 radical (unpaired) electrons. The molecule has 0 fully saturated rings. The van der Waals surface area contributed by atoms with Crippen LogP contribution >= 0.6 is 11.3 Å². The second-order valence-corrected chi connectivity index (χ2v) is 4.19. The van der Waals surface area contributed by atoms with Crippen molar-refractivity contribution >= 4 is 11.3 Å². The summed E-state index contributed by atoms with van der Waals surface area (Å²) < 4.78 is 2.03. The van der Waals surface area contributed by atoms with Crippen LogP contribution in [0.5, 0.6) is 0 Å². The largest absolute Gasteiger partial charge is 0.334 e. The van der Waals surface area contributed by atoms with Gasteiger partial charge >= 0.3 is 0 Å². The topological polar surface area (TPSA) is 29.9 Å². The third-order valence-electron chi connectivity index (χ3n) is 2.08. The molecule has 2 rings (SSSR count). The monoisotopic (exact) mass is 207 g/mol. The molecule has 0 bridgehead atoms. The van der Waals surface area contributed by atoms with Gasteiger partial charge in [0.25, 0.3) is 0 Å². The molecule has 0 unspecified atom stereocenters. The van der Waals surface area contributed by atoms with Gasteiger partial charge in [-0.3, -0.25) is 0 Å². The van der Waals surface area contributed by atoms with E-state index in [0.717, 1.165) is 12.4 Å². The molecule has 2 aromatic heterocycles. The summed E-state index contributed by atoms with van der Waals surface area (Å²) in [4.78, 5) is 5.65. The summed E-state index contributed by atoms with van der Waals surface area (Å²) in [6.45, 7) is 0.926. The van der Waals surface area contributed by atoms with Gasteiger partial charge < -0.3 is 9.88 Å². The third kappa shape index (κ3) is 1.71. The van der Waals surface area contributed by atoms with Crippen molar-refractivity contribution in [1.29, 1.82) is 0 Å². The second-order valence-electron chi connectivity index (χ2n) is 3.19. The Balaban J connectivity index is 2.29. The van der Waals surface area contributed by atoms with Gasteiger partial charge in [-0.25, -0.2) is 4.98 Å². The van der Waals surface area contributed by atoms with Crippen molar-refractivity contribution in [2.75, 3.05) is 7.05 Å². The number of imidazole rings is 1. The minimum atomic E-state index is 0.926. The summed E-state index contributed by atoms with van der Waals surface area (Å²) in [5, 5.41) is 5.29. The highest BCUT2D eigenvalue weighted by Gasteiger charge is 2.05. The van der Waals surface area contributed by atoms with Crippen molar-refractivity contribution in [2.24, 2.45) is 7.05 Å². The summed E-state index contributed by atoms with van der Waals surface area (Å²) in [5.41, 5.74) is 1.20. The molecule has 3 nitrogen and oxygen atoms in total. The van der Waals surface area contributed by atoms with E-state index in [0.29, 0.717) is 0 Å². The predicted octanol–water partition coefficient (Wildman–Crippen LogP) is 1.87. The van der Waals surface area contributed by atoms with E-state index in [1.807, 2.05) is 31.1 Å². The smallest absolute Gasteiger partial charge is 0.140 e. The van der Waals surface area contributed by atoms with E-state index in [4.69, 9.17) is 0 Å². The van der Waals surface area contributed by atoms with Crippen molar-refractivity contribution in [1.82, 2.24) is 14.9 Å². The summed E-state index contributed by atoms with van der Waals surface area (Å²) in [6, 6.07) is 2.18. The van der Waals surface area contributed by atoms with Crippen LogP contribution in [0.15, 0.2) is 23.8 Å². The molecule has 0 aliphatic heterocycles. The van der Waals surface area contributed by atoms with Crippen LogP contribution < -0.4 is 5.32 Å². The fourth-order valence-electron chi connectivity index (χ4n) is 1.41. The van der Waals surface area contributed by atoms with Crippen molar-refractivity contribution in [2.45, 2.75) is 6.54 Å². The molecular formula is C10H13N3S. The molecule has 0 aliphatic rings. The standard InChI is InChI=1S/C10H13N3S/c1-11-6-9-5-8(7-14-9)10-12-3-4-13(10)2/h3-5,7,11H,6H2,1-2H3. The van der Waals surface area contributed by atoms with E-state index < -0.39 is 0 Å². The van der Waals surface area contributed by atoms with Crippen LogP contribution in [-0.4, -0.2) is 16.6 Å². The van der Waals surface area contributed by atoms with E-state index in [1.165, 1.54) is 10.4 Å². The van der Waals surface area contributed by atoms with Crippen LogP contribution in [-0.2, 0) is 13.6 Å². The maximum Gasteiger partial charge on any atom is 0.140 e. The van der Waals surface area contributed by atoms with E-state index in [-0.39, 0.29) is 0 Å². The van der Waals surface area contributed by atoms with Crippen molar-refractivity contribution in [3.05, 3.63) is 28.7 Å². The highest BCUT2D eigenvalue weighted by molar-refractivity contribution is 7.10. The predicted molar refractivity (Wildman–Crippen MR) is 59.3 cm³/mol. The van der Waals surface area contributed by atoms with Crippen LogP contribution in [0, 0.1) is 0 Å². The first-order valence-corrected chi connectivity index (χ1v) is 5.39. The Bertz CT molecular complexity index is 416. The Morgan fingerprint density at radius 2 is 2.43 bits per heavy atom. The molecule has 1 N–H and O–H groups in total. The van der Waals surface area contributed by atoms with Crippen LogP contribution in [0.3, 0.4) is 0 Å². The Morgan fingerprint density at radius 3 is 3.07 bits per heavy atom. The number of aryl methyl sites for hydroxylation is 1. The van der Waals surface area contributed by atoms with E-state index in [2.05, 4.69) is 21.7 Å². The highest BCUT2D eigenvalue weighted by Crippen LogP contribution is 2.23. The lowest BCUT2D eigenvalue weighted by molar-refractivity contribution is 0.831. The molecule has 0 amide bonds. The zero-order valence-corrected chi connectivity index (χ0v) is 9.14. The van der Waals surface area contributed by atoms with E-state index in [1.54, 1.807) is 11.3 Å². The van der Waals surface area contributed by atoms with Gasteiger partial charge in [0.1, 0.15) is 5.82 Å². The van der Waals surface area contributed by atoms with E-state index >= 15 is 0 Å². The van der Waals surface area contributed by atoms with Gasteiger partial charge in [0, 0.05) is 41.8 Å². The maximum atomic E-state index is 4.31. The van der Waals surface area contributed by atoms with Crippen molar-refractivity contribution in [3.63, 3.8) is 0 Å². The highest BCUT2D eigenvalue weighted by atomic mass is 32.1. The molecule has 0 saturated heterocycles. The van der Waals surface area contributed by atoms with Gasteiger partial charge in [0.15, 0.2) is 0 Å². The summed E-state index contributed by atoms with van der Waals surface area (Å²) in [7, 11) is 3.97. The Hall–Kier alpha value is -1.13. The zero-order valence-electron chi connectivity index (χ0n) is 8.32. The summed E-state index contributed by atoms with van der Waals surface area (Å²) >= 11 is 1.77. The minimum Gasteiger partial charge on any atom is -0.334 e. The van der Waals surface area contributed by atoms with Gasteiger partial charge in [-0.15, -0.1) is 11.3 Å². The number of hydrogen-bond donors (Lipinski definition) is 1. The quantitative estimate of drug-likeness (QED) is 0.832. The summed E-state index contributed by atoms with van der Waals surface area (Å²) in [6.07, 6.45) is 3.79. The minimum absolute atomic E-state index is 0.926. The van der Waals surface area contributed by atoms with E-state index in [9.17, 15) is 0 Å². The zero-order chi connectivity index (χ0) is 9.97. The third-order valence-corrected chi connectivity index (χ3v) is 3.02. The first-order valence-electron chi connectivity index (χ1n) is 4.51. The van der Waals surface area contributed by atoms with Gasteiger partial charge in [0.05, 0.1) is 0 Å². The maximum absolute atomic E-state index is 4.31. The van der Waals surface area contributed by atoms with Crippen molar-refractivity contribution < 1.29 is 0 Å². The molecule has 0 spiro atoms. The fraction of sp³-hybridized carbons (Fsp3) is 0.300. The van der Waals surface area contributed by atoms with Gasteiger partial charge in [0.2, 0.25) is 0 Å². The van der Waals surface area contributed by atoms with Crippen LogP contribution in [0.4, 0.5) is 0 Å². The fourth-order valence-corrected chi connectivity index (χ4v) is 2.28. The van der Waals surface area contributed by atoms with Crippen LogP contribution in [0.25, 0.3) is 11.4 Å². The Kier molecular flexibility index (Phi) is 2.65. The normalized spacial score (nSPS) is 10.7. The molecule has 0 aromatic carbocycles. The lowest BCUT2D eigenvalue weighted by Crippen LogP contribution is -2.02. The Morgan fingerprint density at radius 1 is 1.57 bits per heavy atom. The number of nitrogens with zero attached hydrogens (tertiary/aromatic N) is 2. The Labute approximate surface area is 87.4 Å². The average Bonchev–Trinajstić information content (AvgIpc) is 2.74. The SMILES string of the molecule is CNCc1cc(-c2nccn2C)cs1. The molecule has 2 aromatic rings. The van der Waals surface area contributed by atoms with Gasteiger partial charge in [-0.1, -0.05) is 0 Å². The van der Waals surface area contributed by atoms with Gasteiger partial charge in [-0.05, 0) is 13.1 Å². The molecule has 14 heavy (non-hydrogen) atoms. The molecule has 2 heterocycles. The average molecular weight is 207 g/mol. The summed E-state index contributed by atoms with van der Waals surface area (Å²) in [5.74, 6) is 1.03. The lowest BCUT2D eigenvalue weighted by atomic mass is 10.3. The number of hydrogen-bond acceptors (Lipinski definition) is 3. The van der Waals surface area contributed by atoms with Crippen LogP contribution in [0.2, 0.25) is 0 Å². The molecule has 0 aliphatic carbocycles. The second kappa shape index (κ2) is 3.94. The molecule has 74 valence electrons. The van der Waals surface area contributed by atoms with Crippen LogP contribution in [0.1, 0.15) is 4.88 Å². The number of thiophene rings is 1. The lowest BCUT2D eigenvalue weighted by Gasteiger charge is -1.96. The number of nitrogens with one attached hydrogen (secondary N) is 1. The first kappa shape index (κ1) is 9.43. The molecule has 0 atom stereocenters. The number of aromatic nitrogens is 2.